The Labute approximate surface area is 96.9 Å². The Bertz CT molecular complexity index is 522. The summed E-state index contributed by atoms with van der Waals surface area (Å²) >= 11 is 1.41. The summed E-state index contributed by atoms with van der Waals surface area (Å²) in [5.74, 6) is -0.413. The maximum atomic E-state index is 11.2. The van der Waals surface area contributed by atoms with Gasteiger partial charge in [-0.2, -0.15) is 0 Å². The van der Waals surface area contributed by atoms with Crippen molar-refractivity contribution < 1.29 is 9.53 Å². The van der Waals surface area contributed by atoms with Gasteiger partial charge in [0.15, 0.2) is 5.69 Å². The van der Waals surface area contributed by atoms with E-state index in [0.29, 0.717) is 5.69 Å². The van der Waals surface area contributed by atoms with Crippen LogP contribution < -0.4 is 0 Å². The van der Waals surface area contributed by atoms with Crippen molar-refractivity contribution in [3.63, 3.8) is 0 Å². The highest BCUT2D eigenvalue weighted by molar-refractivity contribution is 7.13. The number of rotatable bonds is 2. The molecule has 2 rings (SSSR count). The molecular weight excluding hydrogens is 224 g/mol. The van der Waals surface area contributed by atoms with Crippen LogP contribution in [0.4, 0.5) is 0 Å². The second kappa shape index (κ2) is 4.40. The molecule has 0 amide bonds. The van der Waals surface area contributed by atoms with Gasteiger partial charge in [-0.1, -0.05) is 0 Å². The molecule has 0 atom stereocenters. The first-order chi connectivity index (χ1) is 7.72. The highest BCUT2D eigenvalue weighted by atomic mass is 32.1. The molecule has 82 valence electrons. The van der Waals surface area contributed by atoms with Crippen molar-refractivity contribution in [3.05, 3.63) is 35.1 Å². The summed E-state index contributed by atoms with van der Waals surface area (Å²) in [6.07, 6.45) is 3.48. The van der Waals surface area contributed by atoms with Crippen LogP contribution in [0.3, 0.4) is 0 Å². The average Bonchev–Trinajstić information content (AvgIpc) is 2.78. The number of pyridine rings is 1. The SMILES string of the molecule is COC(=O)c1csc(-c2cnccc2C)n1. The monoisotopic (exact) mass is 234 g/mol. The summed E-state index contributed by atoms with van der Waals surface area (Å²) in [5, 5.41) is 2.47. The summed E-state index contributed by atoms with van der Waals surface area (Å²) < 4.78 is 4.61. The summed E-state index contributed by atoms with van der Waals surface area (Å²) in [4.78, 5) is 19.5. The first-order valence-corrected chi connectivity index (χ1v) is 5.55. The zero-order chi connectivity index (χ0) is 11.5. The van der Waals surface area contributed by atoms with E-state index >= 15 is 0 Å². The predicted octanol–water partition coefficient (Wildman–Crippen LogP) is 2.30. The maximum absolute atomic E-state index is 11.2. The molecule has 0 saturated carbocycles. The molecule has 2 heterocycles. The van der Waals surface area contributed by atoms with Crippen molar-refractivity contribution in [1.82, 2.24) is 9.97 Å². The fourth-order valence-electron chi connectivity index (χ4n) is 1.28. The molecule has 0 spiro atoms. The van der Waals surface area contributed by atoms with Gasteiger partial charge in [0.1, 0.15) is 5.01 Å². The number of aromatic nitrogens is 2. The number of thiazole rings is 1. The molecule has 0 saturated heterocycles. The number of carbonyl (C=O) groups is 1. The molecular formula is C11H10N2O2S. The van der Waals surface area contributed by atoms with E-state index in [2.05, 4.69) is 14.7 Å². The number of methoxy groups -OCH3 is 1. The first kappa shape index (κ1) is 10.8. The minimum absolute atomic E-state index is 0.339. The third-order valence-corrected chi connectivity index (χ3v) is 3.04. The Morgan fingerprint density at radius 1 is 1.50 bits per heavy atom. The van der Waals surface area contributed by atoms with E-state index < -0.39 is 5.97 Å². The predicted molar refractivity (Wildman–Crippen MR) is 61.4 cm³/mol. The molecule has 16 heavy (non-hydrogen) atoms. The lowest BCUT2D eigenvalue weighted by Gasteiger charge is -1.99. The van der Waals surface area contributed by atoms with E-state index in [-0.39, 0.29) is 0 Å². The number of hydrogen-bond donors (Lipinski definition) is 0. The van der Waals surface area contributed by atoms with Crippen LogP contribution in [0.5, 0.6) is 0 Å². The van der Waals surface area contributed by atoms with E-state index in [9.17, 15) is 4.79 Å². The lowest BCUT2D eigenvalue weighted by atomic mass is 10.2. The number of esters is 1. The number of hydrogen-bond acceptors (Lipinski definition) is 5. The highest BCUT2D eigenvalue weighted by Gasteiger charge is 2.12. The molecule has 4 nitrogen and oxygen atoms in total. The third kappa shape index (κ3) is 1.94. The zero-order valence-corrected chi connectivity index (χ0v) is 9.75. The van der Waals surface area contributed by atoms with Crippen LogP contribution in [0, 0.1) is 6.92 Å². The number of carbonyl (C=O) groups excluding carboxylic acids is 1. The van der Waals surface area contributed by atoms with Gasteiger partial charge >= 0.3 is 5.97 Å². The van der Waals surface area contributed by atoms with E-state index in [1.165, 1.54) is 18.4 Å². The molecule has 0 fully saturated rings. The largest absolute Gasteiger partial charge is 0.464 e. The average molecular weight is 234 g/mol. The summed E-state index contributed by atoms with van der Waals surface area (Å²) in [5.41, 5.74) is 2.37. The lowest BCUT2D eigenvalue weighted by Crippen LogP contribution is -2.01. The van der Waals surface area contributed by atoms with Crippen molar-refractivity contribution in [1.29, 1.82) is 0 Å². The van der Waals surface area contributed by atoms with Crippen molar-refractivity contribution in [3.8, 4) is 10.6 Å². The van der Waals surface area contributed by atoms with Crippen LogP contribution in [0.15, 0.2) is 23.8 Å². The Hall–Kier alpha value is -1.75. The van der Waals surface area contributed by atoms with Gasteiger partial charge in [-0.3, -0.25) is 4.98 Å². The Morgan fingerprint density at radius 3 is 3.00 bits per heavy atom. The molecule has 0 aliphatic carbocycles. The normalized spacial score (nSPS) is 10.1. The molecule has 2 aromatic rings. The topological polar surface area (TPSA) is 52.1 Å². The Kier molecular flexibility index (Phi) is 2.96. The molecule has 0 unspecified atom stereocenters. The Morgan fingerprint density at radius 2 is 2.31 bits per heavy atom. The van der Waals surface area contributed by atoms with Crippen molar-refractivity contribution >= 4 is 17.3 Å². The van der Waals surface area contributed by atoms with Crippen LogP contribution in [-0.2, 0) is 4.74 Å². The highest BCUT2D eigenvalue weighted by Crippen LogP contribution is 2.25. The van der Waals surface area contributed by atoms with Gasteiger partial charge in [-0.25, -0.2) is 9.78 Å². The van der Waals surface area contributed by atoms with E-state index in [0.717, 1.165) is 16.1 Å². The standard InChI is InChI=1S/C11H10N2O2S/c1-7-3-4-12-5-8(7)10-13-9(6-16-10)11(14)15-2/h3-6H,1-2H3. The molecule has 0 N–H and O–H groups in total. The number of nitrogens with zero attached hydrogens (tertiary/aromatic N) is 2. The molecule has 0 bridgehead atoms. The Balaban J connectivity index is 2.39. The number of ether oxygens (including phenoxy) is 1. The zero-order valence-electron chi connectivity index (χ0n) is 8.93. The molecule has 0 aliphatic rings. The second-order valence-electron chi connectivity index (χ2n) is 3.22. The van der Waals surface area contributed by atoms with Gasteiger partial charge in [0.05, 0.1) is 7.11 Å². The van der Waals surface area contributed by atoms with Crippen molar-refractivity contribution in [2.24, 2.45) is 0 Å². The minimum Gasteiger partial charge on any atom is -0.464 e. The summed E-state index contributed by atoms with van der Waals surface area (Å²) in [6.45, 7) is 1.98. The molecule has 0 aliphatic heterocycles. The second-order valence-corrected chi connectivity index (χ2v) is 4.08. The molecule has 2 aromatic heterocycles. The fourth-order valence-corrected chi connectivity index (χ4v) is 2.15. The third-order valence-electron chi connectivity index (χ3n) is 2.17. The lowest BCUT2D eigenvalue weighted by molar-refractivity contribution is 0.0595. The van der Waals surface area contributed by atoms with Gasteiger partial charge in [-0.15, -0.1) is 11.3 Å². The van der Waals surface area contributed by atoms with E-state index in [1.54, 1.807) is 17.8 Å². The van der Waals surface area contributed by atoms with Gasteiger partial charge in [0, 0.05) is 23.3 Å². The van der Waals surface area contributed by atoms with Gasteiger partial charge in [-0.05, 0) is 18.6 Å². The minimum atomic E-state index is -0.413. The maximum Gasteiger partial charge on any atom is 0.357 e. The van der Waals surface area contributed by atoms with Crippen LogP contribution in [0.1, 0.15) is 16.1 Å². The quantitative estimate of drug-likeness (QED) is 0.748. The van der Waals surface area contributed by atoms with E-state index in [4.69, 9.17) is 0 Å². The van der Waals surface area contributed by atoms with Crippen LogP contribution in [0.25, 0.3) is 10.6 Å². The van der Waals surface area contributed by atoms with Crippen LogP contribution in [-0.4, -0.2) is 23.0 Å². The smallest absolute Gasteiger partial charge is 0.357 e. The van der Waals surface area contributed by atoms with Crippen molar-refractivity contribution in [2.45, 2.75) is 6.92 Å². The molecule has 0 radical (unpaired) electrons. The molecule has 5 heteroatoms. The summed E-state index contributed by atoms with van der Waals surface area (Å²) in [7, 11) is 1.34. The van der Waals surface area contributed by atoms with Gasteiger partial charge < -0.3 is 4.74 Å². The summed E-state index contributed by atoms with van der Waals surface area (Å²) in [6, 6.07) is 1.91. The first-order valence-electron chi connectivity index (χ1n) is 4.67. The van der Waals surface area contributed by atoms with Crippen molar-refractivity contribution in [2.75, 3.05) is 7.11 Å². The van der Waals surface area contributed by atoms with Crippen LogP contribution in [0.2, 0.25) is 0 Å². The van der Waals surface area contributed by atoms with Crippen LogP contribution >= 0.6 is 11.3 Å². The van der Waals surface area contributed by atoms with E-state index in [1.807, 2.05) is 13.0 Å². The molecule has 0 aromatic carbocycles. The number of aryl methyl sites for hydroxylation is 1. The van der Waals surface area contributed by atoms with Gasteiger partial charge in [0.25, 0.3) is 0 Å². The van der Waals surface area contributed by atoms with Gasteiger partial charge in [0.2, 0.25) is 0 Å². The fraction of sp³-hybridized carbons (Fsp3) is 0.182.